The number of ether oxygens (including phenoxy) is 3. The molecule has 7 nitrogen and oxygen atoms in total. The van der Waals surface area contributed by atoms with Gasteiger partial charge in [-0.25, -0.2) is 12.8 Å². The predicted octanol–water partition coefficient (Wildman–Crippen LogP) is 5.70. The third-order valence-electron chi connectivity index (χ3n) is 5.83. The summed E-state index contributed by atoms with van der Waals surface area (Å²) in [6, 6.07) is 11.5. The van der Waals surface area contributed by atoms with Crippen LogP contribution in [0.2, 0.25) is 10.0 Å². The SMILES string of the molecule is COc1cc(-c2ccc(F)c(Cl)c2)c(S(=O)(=O)Nc2ccc(Cl)c(O[C@@H]3CCN(C)C3)c2)cc1OC. The summed E-state index contributed by atoms with van der Waals surface area (Å²) in [5, 5.41) is 0.232. The molecule has 11 heteroatoms. The Morgan fingerprint density at radius 1 is 0.972 bits per heavy atom. The molecule has 192 valence electrons. The number of likely N-dealkylation sites (tertiary alicyclic amines) is 1. The van der Waals surface area contributed by atoms with Gasteiger partial charge in [-0.3, -0.25) is 4.72 Å². The van der Waals surface area contributed by atoms with Crippen molar-refractivity contribution in [2.75, 3.05) is 39.1 Å². The van der Waals surface area contributed by atoms with Crippen molar-refractivity contribution in [1.29, 1.82) is 0 Å². The lowest BCUT2D eigenvalue weighted by atomic mass is 10.0. The molecule has 1 aliphatic rings. The maximum absolute atomic E-state index is 13.8. The van der Waals surface area contributed by atoms with Gasteiger partial charge in [-0.2, -0.15) is 0 Å². The second-order valence-electron chi connectivity index (χ2n) is 8.37. The molecular formula is C25H25Cl2FN2O5S. The standard InChI is InChI=1S/C25H25Cl2FN2O5S/c1-30-9-8-17(14-30)35-22-11-16(5-6-19(22)26)29-36(31,32)25-13-24(34-3)23(33-2)12-18(25)15-4-7-21(28)20(27)10-15/h4-7,10-13,17,29H,8-9,14H2,1-3H3/t17-/m1/s1. The number of methoxy groups -OCH3 is 2. The maximum atomic E-state index is 13.8. The number of sulfonamides is 1. The molecule has 0 unspecified atom stereocenters. The summed E-state index contributed by atoms with van der Waals surface area (Å²) in [7, 11) is 0.673. The van der Waals surface area contributed by atoms with E-state index < -0.39 is 15.8 Å². The summed E-state index contributed by atoms with van der Waals surface area (Å²) in [5.74, 6) is 0.275. The van der Waals surface area contributed by atoms with Crippen molar-refractivity contribution in [3.05, 3.63) is 64.4 Å². The van der Waals surface area contributed by atoms with Crippen LogP contribution in [0.3, 0.4) is 0 Å². The lowest BCUT2D eigenvalue weighted by molar-refractivity contribution is 0.208. The van der Waals surface area contributed by atoms with Gasteiger partial charge in [0.15, 0.2) is 11.5 Å². The molecule has 1 saturated heterocycles. The molecule has 0 aromatic heterocycles. The van der Waals surface area contributed by atoms with Crippen LogP contribution in [-0.2, 0) is 10.0 Å². The summed E-state index contributed by atoms with van der Waals surface area (Å²) in [5.41, 5.74) is 0.897. The van der Waals surface area contributed by atoms with Gasteiger partial charge in [0.1, 0.15) is 17.7 Å². The van der Waals surface area contributed by atoms with Crippen LogP contribution in [-0.4, -0.2) is 53.8 Å². The number of nitrogens with zero attached hydrogens (tertiary/aromatic N) is 1. The molecule has 3 aromatic rings. The van der Waals surface area contributed by atoms with Gasteiger partial charge in [-0.15, -0.1) is 0 Å². The Labute approximate surface area is 219 Å². The van der Waals surface area contributed by atoms with Crippen LogP contribution < -0.4 is 18.9 Å². The average molecular weight is 555 g/mol. The van der Waals surface area contributed by atoms with E-state index in [2.05, 4.69) is 9.62 Å². The van der Waals surface area contributed by atoms with Gasteiger partial charge in [0.05, 0.1) is 34.8 Å². The van der Waals surface area contributed by atoms with Gasteiger partial charge < -0.3 is 19.1 Å². The normalized spacial score (nSPS) is 16.1. The highest BCUT2D eigenvalue weighted by atomic mass is 35.5. The first-order valence-electron chi connectivity index (χ1n) is 11.0. The van der Waals surface area contributed by atoms with Crippen LogP contribution in [0, 0.1) is 5.82 Å². The average Bonchev–Trinajstić information content (AvgIpc) is 3.26. The second-order valence-corrected chi connectivity index (χ2v) is 10.8. The minimum absolute atomic E-state index is 0.0416. The minimum Gasteiger partial charge on any atom is -0.493 e. The highest BCUT2D eigenvalue weighted by molar-refractivity contribution is 7.92. The third kappa shape index (κ3) is 5.64. The monoisotopic (exact) mass is 554 g/mol. The van der Waals surface area contributed by atoms with Gasteiger partial charge in [0.2, 0.25) is 0 Å². The van der Waals surface area contributed by atoms with Crippen molar-refractivity contribution >= 4 is 38.9 Å². The molecule has 0 aliphatic carbocycles. The van der Waals surface area contributed by atoms with E-state index in [0.29, 0.717) is 22.1 Å². The minimum atomic E-state index is -4.17. The number of nitrogens with one attached hydrogen (secondary N) is 1. The summed E-state index contributed by atoms with van der Waals surface area (Å²) >= 11 is 12.3. The molecular weight excluding hydrogens is 530 g/mol. The van der Waals surface area contributed by atoms with E-state index in [4.69, 9.17) is 37.4 Å². The van der Waals surface area contributed by atoms with Gasteiger partial charge >= 0.3 is 0 Å². The van der Waals surface area contributed by atoms with Crippen LogP contribution in [0.1, 0.15) is 6.42 Å². The van der Waals surface area contributed by atoms with Crippen LogP contribution in [0.5, 0.6) is 17.2 Å². The van der Waals surface area contributed by atoms with Crippen molar-refractivity contribution in [3.8, 4) is 28.4 Å². The topological polar surface area (TPSA) is 77.1 Å². The Bertz CT molecular complexity index is 1390. The molecule has 0 saturated carbocycles. The molecule has 0 bridgehead atoms. The fourth-order valence-corrected chi connectivity index (χ4v) is 5.63. The lowest BCUT2D eigenvalue weighted by Gasteiger charge is -2.18. The molecule has 0 spiro atoms. The van der Waals surface area contributed by atoms with Crippen molar-refractivity contribution in [2.45, 2.75) is 17.4 Å². The molecule has 1 N–H and O–H groups in total. The summed E-state index contributed by atoms with van der Waals surface area (Å²) in [4.78, 5) is 2.03. The van der Waals surface area contributed by atoms with Crippen molar-refractivity contribution < 1.29 is 27.0 Å². The Morgan fingerprint density at radius 2 is 1.69 bits per heavy atom. The smallest absolute Gasteiger partial charge is 0.262 e. The number of anilines is 1. The van der Waals surface area contributed by atoms with Crippen LogP contribution >= 0.6 is 23.2 Å². The van der Waals surface area contributed by atoms with E-state index in [0.717, 1.165) is 19.5 Å². The third-order valence-corrected chi connectivity index (χ3v) is 7.85. The van der Waals surface area contributed by atoms with E-state index in [1.165, 1.54) is 44.6 Å². The molecule has 4 rings (SSSR count). The molecule has 1 heterocycles. The molecule has 3 aromatic carbocycles. The van der Waals surface area contributed by atoms with Crippen molar-refractivity contribution in [2.24, 2.45) is 0 Å². The Kier molecular flexibility index (Phi) is 7.85. The fourth-order valence-electron chi connectivity index (χ4n) is 4.01. The Morgan fingerprint density at radius 3 is 2.33 bits per heavy atom. The molecule has 1 fully saturated rings. The largest absolute Gasteiger partial charge is 0.493 e. The van der Waals surface area contributed by atoms with E-state index in [1.807, 2.05) is 7.05 Å². The highest BCUT2D eigenvalue weighted by Crippen LogP contribution is 2.40. The number of likely N-dealkylation sites (N-methyl/N-ethyl adjacent to an activating group) is 1. The Balaban J connectivity index is 1.73. The zero-order chi connectivity index (χ0) is 26.0. The number of benzene rings is 3. The van der Waals surface area contributed by atoms with E-state index in [-0.39, 0.29) is 33.0 Å². The van der Waals surface area contributed by atoms with Crippen molar-refractivity contribution in [1.82, 2.24) is 4.90 Å². The van der Waals surface area contributed by atoms with Crippen LogP contribution in [0.4, 0.5) is 10.1 Å². The van der Waals surface area contributed by atoms with Gasteiger partial charge in [-0.05, 0) is 49.4 Å². The molecule has 1 atom stereocenters. The fraction of sp³-hybridized carbons (Fsp3) is 0.280. The summed E-state index contributed by atoms with van der Waals surface area (Å²) < 4.78 is 60.3. The number of halogens is 3. The van der Waals surface area contributed by atoms with E-state index in [1.54, 1.807) is 18.2 Å². The number of hydrogen-bond acceptors (Lipinski definition) is 6. The summed E-state index contributed by atoms with van der Waals surface area (Å²) in [6.07, 6.45) is 0.804. The number of hydrogen-bond donors (Lipinski definition) is 1. The zero-order valence-electron chi connectivity index (χ0n) is 19.8. The van der Waals surface area contributed by atoms with E-state index in [9.17, 15) is 12.8 Å². The molecule has 1 aliphatic heterocycles. The highest BCUT2D eigenvalue weighted by Gasteiger charge is 2.25. The van der Waals surface area contributed by atoms with E-state index >= 15 is 0 Å². The lowest BCUT2D eigenvalue weighted by Crippen LogP contribution is -2.21. The van der Waals surface area contributed by atoms with Crippen LogP contribution in [0.25, 0.3) is 11.1 Å². The van der Waals surface area contributed by atoms with Gasteiger partial charge in [0.25, 0.3) is 10.0 Å². The molecule has 0 amide bonds. The maximum Gasteiger partial charge on any atom is 0.262 e. The second kappa shape index (κ2) is 10.7. The van der Waals surface area contributed by atoms with Gasteiger partial charge in [0, 0.05) is 30.8 Å². The van der Waals surface area contributed by atoms with Gasteiger partial charge in [-0.1, -0.05) is 29.3 Å². The predicted molar refractivity (Wildman–Crippen MR) is 139 cm³/mol. The molecule has 0 radical (unpaired) electrons. The first-order chi connectivity index (χ1) is 17.1. The first-order valence-corrected chi connectivity index (χ1v) is 13.2. The Hall–Kier alpha value is -2.72. The first kappa shape index (κ1) is 26.3. The number of rotatable bonds is 8. The van der Waals surface area contributed by atoms with Crippen LogP contribution in [0.15, 0.2) is 53.4 Å². The van der Waals surface area contributed by atoms with Crippen molar-refractivity contribution in [3.63, 3.8) is 0 Å². The molecule has 36 heavy (non-hydrogen) atoms. The quantitative estimate of drug-likeness (QED) is 0.385. The summed E-state index contributed by atoms with van der Waals surface area (Å²) in [6.45, 7) is 1.66. The zero-order valence-corrected chi connectivity index (χ0v) is 22.2.